The molecule has 0 saturated carbocycles. The summed E-state index contributed by atoms with van der Waals surface area (Å²) in [4.78, 5) is 12.8. The van der Waals surface area contributed by atoms with Gasteiger partial charge in [-0.2, -0.15) is 5.26 Å². The van der Waals surface area contributed by atoms with Gasteiger partial charge in [-0.05, 0) is 60.4 Å². The zero-order valence-electron chi connectivity index (χ0n) is 19.8. The minimum Gasteiger partial charge on any atom is -0.493 e. The Hall–Kier alpha value is -4.37. The van der Waals surface area contributed by atoms with Crippen molar-refractivity contribution in [3.05, 3.63) is 113 Å². The minimum absolute atomic E-state index is 0.0284. The van der Waals surface area contributed by atoms with Crippen molar-refractivity contribution in [3.63, 3.8) is 0 Å². The number of carbonyl (C=O) groups is 1. The lowest BCUT2D eigenvalue weighted by atomic mass is 10.0. The number of methoxy groups -OCH3 is 1. The first kappa shape index (κ1) is 25.3. The molecule has 1 amide bonds. The van der Waals surface area contributed by atoms with Gasteiger partial charge in [0.15, 0.2) is 11.5 Å². The Morgan fingerprint density at radius 2 is 1.89 bits per heavy atom. The molecule has 0 saturated heterocycles. The Morgan fingerprint density at radius 1 is 1.17 bits per heavy atom. The average Bonchev–Trinajstić information content (AvgIpc) is 2.87. The van der Waals surface area contributed by atoms with E-state index in [4.69, 9.17) is 9.47 Å². The first-order valence-corrected chi connectivity index (χ1v) is 11.1. The number of hydrogen-bond donors (Lipinski definition) is 1. The topological polar surface area (TPSA) is 71.4 Å². The van der Waals surface area contributed by atoms with Crippen molar-refractivity contribution in [1.29, 1.82) is 5.26 Å². The summed E-state index contributed by atoms with van der Waals surface area (Å²) >= 11 is 0. The third-order valence-electron chi connectivity index (χ3n) is 5.36. The molecule has 0 spiro atoms. The van der Waals surface area contributed by atoms with E-state index in [1.54, 1.807) is 24.3 Å². The molecular weight excluding hydrogens is 443 g/mol. The quantitative estimate of drug-likeness (QED) is 0.227. The van der Waals surface area contributed by atoms with Gasteiger partial charge in [0.2, 0.25) is 0 Å². The lowest BCUT2D eigenvalue weighted by Crippen LogP contribution is -2.27. The summed E-state index contributed by atoms with van der Waals surface area (Å²) in [6.45, 7) is 5.89. The van der Waals surface area contributed by atoms with Crippen LogP contribution in [0.25, 0.3) is 6.08 Å². The Kier molecular flexibility index (Phi) is 8.80. The fourth-order valence-electron chi connectivity index (χ4n) is 3.54. The van der Waals surface area contributed by atoms with Crippen LogP contribution in [0, 0.1) is 17.1 Å². The van der Waals surface area contributed by atoms with Crippen LogP contribution < -0.4 is 14.8 Å². The van der Waals surface area contributed by atoms with Crippen LogP contribution in [-0.2, 0) is 17.8 Å². The molecule has 178 valence electrons. The average molecular weight is 471 g/mol. The maximum atomic E-state index is 13.2. The van der Waals surface area contributed by atoms with E-state index in [2.05, 4.69) is 11.9 Å². The predicted octanol–water partition coefficient (Wildman–Crippen LogP) is 5.93. The number of nitriles is 1. The Labute approximate surface area is 205 Å². The molecule has 0 radical (unpaired) electrons. The monoisotopic (exact) mass is 470 g/mol. The van der Waals surface area contributed by atoms with Crippen molar-refractivity contribution < 1.29 is 18.7 Å². The van der Waals surface area contributed by atoms with Crippen LogP contribution in [0.2, 0.25) is 0 Å². The second kappa shape index (κ2) is 12.2. The molecule has 0 aliphatic rings. The van der Waals surface area contributed by atoms with Gasteiger partial charge in [0.05, 0.1) is 13.2 Å². The summed E-state index contributed by atoms with van der Waals surface area (Å²) in [7, 11) is 1.52. The summed E-state index contributed by atoms with van der Waals surface area (Å²) < 4.78 is 24.8. The van der Waals surface area contributed by atoms with Crippen LogP contribution in [-0.4, -0.2) is 13.0 Å². The highest BCUT2D eigenvalue weighted by Gasteiger charge is 2.16. The number of rotatable bonds is 10. The van der Waals surface area contributed by atoms with Gasteiger partial charge in [-0.25, -0.2) is 4.39 Å². The highest BCUT2D eigenvalue weighted by molar-refractivity contribution is 6.02. The first-order valence-electron chi connectivity index (χ1n) is 11.1. The number of hydrogen-bond acceptors (Lipinski definition) is 4. The molecule has 3 aromatic carbocycles. The molecule has 3 rings (SSSR count). The van der Waals surface area contributed by atoms with Crippen LogP contribution in [0.5, 0.6) is 11.5 Å². The first-order chi connectivity index (χ1) is 16.9. The van der Waals surface area contributed by atoms with Crippen LogP contribution in [0.4, 0.5) is 4.39 Å². The minimum atomic E-state index is -0.468. The van der Waals surface area contributed by atoms with E-state index in [1.165, 1.54) is 25.3 Å². The molecule has 6 heteroatoms. The molecule has 3 aromatic rings. The molecule has 0 aromatic heterocycles. The summed E-state index contributed by atoms with van der Waals surface area (Å²) in [6.07, 6.45) is 3.73. The van der Waals surface area contributed by atoms with Crippen LogP contribution in [0.15, 0.2) is 85.0 Å². The number of carbonyl (C=O) groups excluding carboxylic acids is 1. The van der Waals surface area contributed by atoms with Gasteiger partial charge in [-0.3, -0.25) is 4.79 Å². The van der Waals surface area contributed by atoms with Crippen LogP contribution >= 0.6 is 0 Å². The zero-order chi connectivity index (χ0) is 25.2. The molecule has 0 fully saturated rings. The lowest BCUT2D eigenvalue weighted by molar-refractivity contribution is -0.117. The molecule has 5 nitrogen and oxygen atoms in total. The molecule has 0 heterocycles. The van der Waals surface area contributed by atoms with Gasteiger partial charge in [0, 0.05) is 5.56 Å². The van der Waals surface area contributed by atoms with Crippen molar-refractivity contribution in [2.24, 2.45) is 0 Å². The normalized spacial score (nSPS) is 11.8. The van der Waals surface area contributed by atoms with E-state index < -0.39 is 5.91 Å². The van der Waals surface area contributed by atoms with Gasteiger partial charge in [-0.1, -0.05) is 48.5 Å². The highest BCUT2D eigenvalue weighted by Crippen LogP contribution is 2.35. The smallest absolute Gasteiger partial charge is 0.262 e. The third-order valence-corrected chi connectivity index (χ3v) is 5.36. The van der Waals surface area contributed by atoms with Gasteiger partial charge >= 0.3 is 0 Å². The molecule has 0 bridgehead atoms. The van der Waals surface area contributed by atoms with E-state index in [0.29, 0.717) is 23.5 Å². The predicted molar refractivity (Wildman–Crippen MR) is 134 cm³/mol. The molecule has 35 heavy (non-hydrogen) atoms. The fraction of sp³-hybridized carbons (Fsp3) is 0.172. The van der Waals surface area contributed by atoms with E-state index >= 15 is 0 Å². The number of nitrogens with one attached hydrogen (secondary N) is 1. The summed E-state index contributed by atoms with van der Waals surface area (Å²) in [6, 6.07) is 20.8. The van der Waals surface area contributed by atoms with Gasteiger partial charge in [-0.15, -0.1) is 6.58 Å². The number of benzene rings is 3. The molecule has 1 N–H and O–H groups in total. The maximum Gasteiger partial charge on any atom is 0.262 e. The second-order valence-corrected chi connectivity index (χ2v) is 7.90. The molecule has 0 unspecified atom stereocenters. The Balaban J connectivity index is 1.86. The second-order valence-electron chi connectivity index (χ2n) is 7.90. The summed E-state index contributed by atoms with van der Waals surface area (Å²) in [5.41, 5.74) is 3.11. The highest BCUT2D eigenvalue weighted by atomic mass is 19.1. The largest absolute Gasteiger partial charge is 0.493 e. The van der Waals surface area contributed by atoms with Crippen molar-refractivity contribution in [3.8, 4) is 17.6 Å². The number of allylic oxidation sites excluding steroid dienone is 1. The van der Waals surface area contributed by atoms with E-state index in [-0.39, 0.29) is 24.0 Å². The van der Waals surface area contributed by atoms with E-state index in [9.17, 15) is 14.4 Å². The lowest BCUT2D eigenvalue weighted by Gasteiger charge is -2.16. The van der Waals surface area contributed by atoms with Crippen molar-refractivity contribution in [1.82, 2.24) is 5.32 Å². The van der Waals surface area contributed by atoms with E-state index in [0.717, 1.165) is 16.7 Å². The molecular formula is C29H27FN2O3. The molecule has 0 aliphatic carbocycles. The third kappa shape index (κ3) is 6.81. The van der Waals surface area contributed by atoms with Crippen molar-refractivity contribution in [2.75, 3.05) is 7.11 Å². The van der Waals surface area contributed by atoms with Gasteiger partial charge in [0.25, 0.3) is 5.91 Å². The number of amides is 1. The maximum absolute atomic E-state index is 13.2. The molecule has 1 atom stereocenters. The number of nitrogens with zero attached hydrogens (tertiary/aromatic N) is 1. The standard InChI is InChI=1S/C29H27FN2O3/c1-4-8-24-15-22(16-25(18-31)29(33)32-20(2)23-9-6-5-7-10-23)17-27(34-3)28(24)35-19-21-11-13-26(30)14-12-21/h4-7,9-17,20H,1,8,19H2,2-3H3,(H,32,33)/b25-16-/t20-/m0/s1. The summed E-state index contributed by atoms with van der Waals surface area (Å²) in [5.74, 6) is 0.192. The van der Waals surface area contributed by atoms with Crippen LogP contribution in [0.1, 0.15) is 35.2 Å². The Morgan fingerprint density at radius 3 is 2.51 bits per heavy atom. The van der Waals surface area contributed by atoms with Crippen molar-refractivity contribution in [2.45, 2.75) is 26.0 Å². The zero-order valence-corrected chi connectivity index (χ0v) is 19.8. The van der Waals surface area contributed by atoms with Gasteiger partial charge in [0.1, 0.15) is 24.1 Å². The Bertz CT molecular complexity index is 1250. The van der Waals surface area contributed by atoms with E-state index in [1.807, 2.05) is 49.4 Å². The molecule has 0 aliphatic heterocycles. The SMILES string of the molecule is C=CCc1cc(/C=C(/C#N)C(=O)N[C@@H](C)c2ccccc2)cc(OC)c1OCc1ccc(F)cc1. The van der Waals surface area contributed by atoms with Gasteiger partial charge < -0.3 is 14.8 Å². The van der Waals surface area contributed by atoms with Crippen LogP contribution in [0.3, 0.4) is 0 Å². The number of ether oxygens (including phenoxy) is 2. The fourth-order valence-corrected chi connectivity index (χ4v) is 3.54. The summed E-state index contributed by atoms with van der Waals surface area (Å²) in [5, 5.41) is 12.5. The van der Waals surface area contributed by atoms with Crippen molar-refractivity contribution >= 4 is 12.0 Å². The number of halogens is 1.